The van der Waals surface area contributed by atoms with Crippen molar-refractivity contribution in [2.24, 2.45) is 34.0 Å². The maximum atomic E-state index is 13.3. The SMILES string of the molecule is CC1COC2C1C13OC4OCCC45[C@H](C(C)(C)C)[C@@H](O)C(OC1=O)C35C2O. The van der Waals surface area contributed by atoms with E-state index >= 15 is 0 Å². The second-order valence-electron chi connectivity index (χ2n) is 10.6. The van der Waals surface area contributed by atoms with Crippen molar-refractivity contribution < 1.29 is 34.0 Å². The van der Waals surface area contributed by atoms with E-state index < -0.39 is 53.1 Å². The summed E-state index contributed by atoms with van der Waals surface area (Å²) in [5, 5.41) is 23.1. The summed E-state index contributed by atoms with van der Waals surface area (Å²) in [7, 11) is 0. The number of aliphatic hydroxyl groups excluding tert-OH is 2. The van der Waals surface area contributed by atoms with Crippen LogP contribution in [0.25, 0.3) is 0 Å². The molecule has 0 aromatic carbocycles. The molecule has 0 aromatic heterocycles. The van der Waals surface area contributed by atoms with E-state index in [1.807, 2.05) is 6.92 Å². The average Bonchev–Trinajstić information content (AvgIpc) is 3.30. The van der Waals surface area contributed by atoms with E-state index in [0.717, 1.165) is 0 Å². The molecule has 11 atom stereocenters. The Bertz CT molecular complexity index is 732. The second-order valence-corrected chi connectivity index (χ2v) is 10.6. The summed E-state index contributed by atoms with van der Waals surface area (Å²) < 4.78 is 24.4. The highest BCUT2D eigenvalue weighted by atomic mass is 16.7. The third-order valence-corrected chi connectivity index (χ3v) is 8.77. The number of hydrogen-bond acceptors (Lipinski definition) is 7. The van der Waals surface area contributed by atoms with Crippen molar-refractivity contribution in [2.75, 3.05) is 13.2 Å². The summed E-state index contributed by atoms with van der Waals surface area (Å²) in [6.07, 6.45) is -3.05. The van der Waals surface area contributed by atoms with Crippen LogP contribution in [0.3, 0.4) is 0 Å². The predicted molar refractivity (Wildman–Crippen MR) is 90.3 cm³/mol. The first-order valence-electron chi connectivity index (χ1n) is 10.1. The third kappa shape index (κ3) is 1.36. The van der Waals surface area contributed by atoms with Crippen LogP contribution in [0, 0.1) is 34.0 Å². The standard InChI is InChI=1S/C20H28O7/c1-8-7-25-11-9(8)20-15(23)26-14-10(21)12(17(2,3)4)18(19(14,20)13(11)22)5-6-24-16(18)27-20/h8-14,16,21-22H,5-7H2,1-4H3/t8?,9?,10-,11?,12+,13?,14?,16?,18?,19?,20?/m1/s1. The van der Waals surface area contributed by atoms with Crippen LogP contribution in [0.2, 0.25) is 0 Å². The van der Waals surface area contributed by atoms with E-state index in [-0.39, 0.29) is 23.2 Å². The van der Waals surface area contributed by atoms with Gasteiger partial charge in [-0.3, -0.25) is 0 Å². The summed E-state index contributed by atoms with van der Waals surface area (Å²) in [5.74, 6) is -0.916. The Labute approximate surface area is 158 Å². The minimum absolute atomic E-state index is 0.0528. The molecule has 27 heavy (non-hydrogen) atoms. The Morgan fingerprint density at radius 3 is 2.63 bits per heavy atom. The Hall–Kier alpha value is -0.730. The number of ether oxygens (including phenoxy) is 4. The van der Waals surface area contributed by atoms with Gasteiger partial charge in [0.05, 0.1) is 36.9 Å². The van der Waals surface area contributed by atoms with Gasteiger partial charge in [0.25, 0.3) is 0 Å². The summed E-state index contributed by atoms with van der Waals surface area (Å²) in [4.78, 5) is 13.3. The average molecular weight is 380 g/mol. The number of rotatable bonds is 0. The van der Waals surface area contributed by atoms with Gasteiger partial charge >= 0.3 is 5.97 Å². The molecule has 6 fully saturated rings. The molecule has 4 heterocycles. The largest absolute Gasteiger partial charge is 0.457 e. The Morgan fingerprint density at radius 1 is 1.19 bits per heavy atom. The maximum Gasteiger partial charge on any atom is 0.340 e. The molecule has 2 saturated carbocycles. The molecule has 2 spiro atoms. The highest BCUT2D eigenvalue weighted by Gasteiger charge is 2.98. The van der Waals surface area contributed by atoms with Crippen molar-refractivity contribution in [3.8, 4) is 0 Å². The second kappa shape index (κ2) is 4.54. The first kappa shape index (κ1) is 17.2. The van der Waals surface area contributed by atoms with Crippen molar-refractivity contribution in [3.05, 3.63) is 0 Å². The molecule has 6 rings (SSSR count). The lowest BCUT2D eigenvalue weighted by Gasteiger charge is -2.47. The molecule has 7 nitrogen and oxygen atoms in total. The topological polar surface area (TPSA) is 94.5 Å². The number of esters is 1. The normalized spacial score (nSPS) is 63.1. The molecule has 150 valence electrons. The van der Waals surface area contributed by atoms with Gasteiger partial charge in [-0.05, 0) is 17.8 Å². The van der Waals surface area contributed by atoms with Gasteiger partial charge < -0.3 is 29.2 Å². The lowest BCUT2D eigenvalue weighted by atomic mass is 9.52. The fourth-order valence-electron chi connectivity index (χ4n) is 8.53. The number of carbonyl (C=O) groups excluding carboxylic acids is 1. The number of fused-ring (bicyclic) bond motifs is 1. The van der Waals surface area contributed by atoms with Crippen LogP contribution in [-0.4, -0.2) is 65.7 Å². The van der Waals surface area contributed by atoms with E-state index in [1.54, 1.807) is 0 Å². The summed E-state index contributed by atoms with van der Waals surface area (Å²) >= 11 is 0. The summed E-state index contributed by atoms with van der Waals surface area (Å²) in [5.41, 5.74) is -3.28. The van der Waals surface area contributed by atoms with Gasteiger partial charge in [-0.1, -0.05) is 27.7 Å². The molecular weight excluding hydrogens is 352 g/mol. The van der Waals surface area contributed by atoms with E-state index in [1.165, 1.54) is 0 Å². The van der Waals surface area contributed by atoms with E-state index in [0.29, 0.717) is 19.6 Å². The van der Waals surface area contributed by atoms with Crippen LogP contribution < -0.4 is 0 Å². The fraction of sp³-hybridized carbons (Fsp3) is 0.950. The van der Waals surface area contributed by atoms with Crippen molar-refractivity contribution in [1.29, 1.82) is 0 Å². The monoisotopic (exact) mass is 380 g/mol. The molecule has 2 N–H and O–H groups in total. The molecular formula is C20H28O7. The minimum Gasteiger partial charge on any atom is -0.457 e. The maximum absolute atomic E-state index is 13.3. The van der Waals surface area contributed by atoms with Crippen LogP contribution in [0.15, 0.2) is 0 Å². The zero-order chi connectivity index (χ0) is 19.1. The lowest BCUT2D eigenvalue weighted by Crippen LogP contribution is -2.59. The van der Waals surface area contributed by atoms with E-state index in [9.17, 15) is 15.0 Å². The van der Waals surface area contributed by atoms with Crippen molar-refractivity contribution in [3.63, 3.8) is 0 Å². The zero-order valence-corrected chi connectivity index (χ0v) is 16.2. The van der Waals surface area contributed by atoms with E-state index in [4.69, 9.17) is 18.9 Å². The Kier molecular flexibility index (Phi) is 2.88. The molecule has 7 heteroatoms. The first-order chi connectivity index (χ1) is 12.7. The summed E-state index contributed by atoms with van der Waals surface area (Å²) in [6.45, 7) is 9.27. The van der Waals surface area contributed by atoms with Gasteiger partial charge in [0.15, 0.2) is 11.9 Å². The molecule has 0 aromatic rings. The highest BCUT2D eigenvalue weighted by Crippen LogP contribution is 2.83. The van der Waals surface area contributed by atoms with Crippen LogP contribution in [0.5, 0.6) is 0 Å². The van der Waals surface area contributed by atoms with Crippen molar-refractivity contribution >= 4 is 5.97 Å². The molecule has 0 radical (unpaired) electrons. The predicted octanol–water partition coefficient (Wildman–Crippen LogP) is 0.462. The smallest absolute Gasteiger partial charge is 0.340 e. The Balaban J connectivity index is 1.68. The minimum atomic E-state index is -1.30. The summed E-state index contributed by atoms with van der Waals surface area (Å²) in [6, 6.07) is 0. The van der Waals surface area contributed by atoms with Gasteiger partial charge in [-0.2, -0.15) is 0 Å². The third-order valence-electron chi connectivity index (χ3n) is 8.77. The molecule has 6 aliphatic rings. The van der Waals surface area contributed by atoms with Crippen molar-refractivity contribution in [2.45, 2.75) is 70.4 Å². The molecule has 9 unspecified atom stereocenters. The quantitative estimate of drug-likeness (QED) is 0.590. The fourth-order valence-corrected chi connectivity index (χ4v) is 8.53. The number of aliphatic hydroxyl groups is 2. The molecule has 0 amide bonds. The van der Waals surface area contributed by atoms with Gasteiger partial charge in [0.2, 0.25) is 0 Å². The van der Waals surface area contributed by atoms with Gasteiger partial charge in [-0.25, -0.2) is 4.79 Å². The van der Waals surface area contributed by atoms with Gasteiger partial charge in [-0.15, -0.1) is 0 Å². The van der Waals surface area contributed by atoms with Crippen LogP contribution in [0.4, 0.5) is 0 Å². The number of carbonyl (C=O) groups is 1. The van der Waals surface area contributed by atoms with E-state index in [2.05, 4.69) is 20.8 Å². The van der Waals surface area contributed by atoms with Crippen LogP contribution >= 0.6 is 0 Å². The lowest BCUT2D eigenvalue weighted by molar-refractivity contribution is -0.205. The molecule has 0 bridgehead atoms. The molecule has 4 aliphatic heterocycles. The van der Waals surface area contributed by atoms with Crippen LogP contribution in [-0.2, 0) is 23.7 Å². The Morgan fingerprint density at radius 2 is 1.93 bits per heavy atom. The number of hydrogen-bond donors (Lipinski definition) is 2. The first-order valence-corrected chi connectivity index (χ1v) is 10.1. The zero-order valence-electron chi connectivity index (χ0n) is 16.2. The van der Waals surface area contributed by atoms with Crippen LogP contribution in [0.1, 0.15) is 34.1 Å². The van der Waals surface area contributed by atoms with Gasteiger partial charge in [0.1, 0.15) is 6.10 Å². The van der Waals surface area contributed by atoms with Gasteiger partial charge in [0, 0.05) is 17.3 Å². The van der Waals surface area contributed by atoms with Crippen molar-refractivity contribution in [1.82, 2.24) is 0 Å². The molecule has 4 saturated heterocycles. The highest BCUT2D eigenvalue weighted by molar-refractivity contribution is 5.87. The molecule has 2 aliphatic carbocycles.